The Morgan fingerprint density at radius 1 is 1.67 bits per heavy atom. The third-order valence-corrected chi connectivity index (χ3v) is 3.48. The zero-order valence-electron chi connectivity index (χ0n) is 9.59. The molecule has 2 heterocycles. The molecule has 0 aliphatic carbocycles. The zero-order valence-corrected chi connectivity index (χ0v) is 11.3. The summed E-state index contributed by atoms with van der Waals surface area (Å²) in [5.41, 5.74) is -0.369. The van der Waals surface area contributed by atoms with E-state index in [1.54, 1.807) is 4.57 Å². The molecule has 18 heavy (non-hydrogen) atoms. The predicted molar refractivity (Wildman–Crippen MR) is 61.7 cm³/mol. The number of aliphatic hydroxyl groups excluding tert-OH is 2. The van der Waals surface area contributed by atoms with Gasteiger partial charge in [0.25, 0.3) is 0 Å². The maximum atomic E-state index is 11.1. The summed E-state index contributed by atoms with van der Waals surface area (Å²) in [6, 6.07) is 1.29. The van der Waals surface area contributed by atoms with Gasteiger partial charge in [0.1, 0.15) is 0 Å². The number of hydrogen-bond donors (Lipinski definition) is 2. The fourth-order valence-corrected chi connectivity index (χ4v) is 2.47. The van der Waals surface area contributed by atoms with Crippen molar-refractivity contribution in [2.75, 3.05) is 13.7 Å². The Bertz CT molecular complexity index is 480. The molecule has 2 N–H and O–H groups in total. The van der Waals surface area contributed by atoms with Crippen LogP contribution in [0.3, 0.4) is 0 Å². The van der Waals surface area contributed by atoms with Crippen molar-refractivity contribution in [2.24, 2.45) is 0 Å². The second kappa shape index (κ2) is 5.48. The van der Waals surface area contributed by atoms with E-state index in [1.165, 1.54) is 19.4 Å². The van der Waals surface area contributed by atoms with Crippen LogP contribution < -0.4 is 10.3 Å². The second-order valence-electron chi connectivity index (χ2n) is 3.89. The monoisotopic (exact) mass is 321 g/mol. The quantitative estimate of drug-likeness (QED) is 0.589. The summed E-state index contributed by atoms with van der Waals surface area (Å²) in [7, 11) is 1.44. The number of nitrogens with zero attached hydrogens (tertiary/aromatic N) is 2. The third-order valence-electron chi connectivity index (χ3n) is 2.84. The van der Waals surface area contributed by atoms with Crippen LogP contribution in [0.5, 0.6) is 0 Å². The molecule has 1 saturated heterocycles. The van der Waals surface area contributed by atoms with Crippen molar-refractivity contribution in [1.29, 1.82) is 0 Å². The molecule has 1 fully saturated rings. The molecule has 0 bridgehead atoms. The van der Waals surface area contributed by atoms with Gasteiger partial charge in [0.2, 0.25) is 0 Å². The Morgan fingerprint density at radius 3 is 2.94 bits per heavy atom. The number of rotatable bonds is 3. The van der Waals surface area contributed by atoms with Gasteiger partial charge in [0.05, 0.1) is 0 Å². The summed E-state index contributed by atoms with van der Waals surface area (Å²) in [6.45, 7) is -0.312. The molecule has 1 aliphatic rings. The summed E-state index contributed by atoms with van der Waals surface area (Å²) in [4.78, 5) is 14.8. The van der Waals surface area contributed by atoms with Crippen molar-refractivity contribution >= 4 is 20.7 Å². The van der Waals surface area contributed by atoms with Crippen molar-refractivity contribution in [3.8, 4) is 0 Å². The fourth-order valence-electron chi connectivity index (χ4n) is 1.94. The van der Waals surface area contributed by atoms with Crippen LogP contribution in [0, 0.1) is 0 Å². The van der Waals surface area contributed by atoms with Gasteiger partial charge in [-0.2, -0.15) is 0 Å². The van der Waals surface area contributed by atoms with Crippen molar-refractivity contribution < 1.29 is 19.7 Å². The average Bonchev–Trinajstić information content (AvgIpc) is 2.65. The summed E-state index contributed by atoms with van der Waals surface area (Å²) >= 11 is 2.65. The molecule has 2 unspecified atom stereocenters. The Morgan fingerprint density at radius 2 is 2.39 bits per heavy atom. The normalized spacial score (nSPS) is 31.7. The number of methoxy groups -OCH3 is 1. The summed E-state index contributed by atoms with van der Waals surface area (Å²) in [5, 5.41) is 19.0. The van der Waals surface area contributed by atoms with E-state index in [2.05, 4.69) is 21.0 Å². The standard InChI is InChI=1S/C10H13N2O5Se/c1-16-8-7(15)5(4-13)17-9(8)12-3-2-6(14)11-10(12)18/h2-3,5,7-9,13,15H,4H2,1H3/t5-,7?,8?,9-/m0/s1. The van der Waals surface area contributed by atoms with Crippen molar-refractivity contribution in [3.63, 3.8) is 0 Å². The molecule has 4 atom stereocenters. The molecule has 2 rings (SSSR count). The minimum absolute atomic E-state index is 0.312. The van der Waals surface area contributed by atoms with Gasteiger partial charge in [-0.25, -0.2) is 0 Å². The van der Waals surface area contributed by atoms with E-state index < -0.39 is 24.5 Å². The first-order valence-corrected chi connectivity index (χ1v) is 6.17. The van der Waals surface area contributed by atoms with E-state index >= 15 is 0 Å². The molecular weight excluding hydrogens is 307 g/mol. The van der Waals surface area contributed by atoms with Crippen LogP contribution >= 0.6 is 0 Å². The first-order valence-electron chi connectivity index (χ1n) is 5.32. The first kappa shape index (κ1) is 13.7. The Kier molecular flexibility index (Phi) is 4.16. The molecule has 1 aromatic heterocycles. The molecule has 1 radical (unpaired) electrons. The average molecular weight is 320 g/mol. The van der Waals surface area contributed by atoms with Gasteiger partial charge < -0.3 is 0 Å². The second-order valence-corrected chi connectivity index (χ2v) is 4.66. The first-order chi connectivity index (χ1) is 8.58. The van der Waals surface area contributed by atoms with Gasteiger partial charge in [-0.15, -0.1) is 0 Å². The summed E-state index contributed by atoms with van der Waals surface area (Å²) < 4.78 is 12.6. The van der Waals surface area contributed by atoms with Crippen LogP contribution in [0.4, 0.5) is 0 Å². The molecule has 0 saturated carbocycles. The SMILES string of the molecule is COC1C(O)[C@H](CO)O[C@@H]1n1ccc(=O)nc1[Se]. The van der Waals surface area contributed by atoms with Crippen LogP contribution in [0.2, 0.25) is 0 Å². The van der Waals surface area contributed by atoms with Crippen LogP contribution in [0.15, 0.2) is 17.1 Å². The van der Waals surface area contributed by atoms with Crippen molar-refractivity contribution in [3.05, 3.63) is 22.6 Å². The predicted octanol–water partition coefficient (Wildman–Crippen LogP) is -2.70. The van der Waals surface area contributed by atoms with Gasteiger partial charge in [0, 0.05) is 0 Å². The van der Waals surface area contributed by atoms with E-state index in [4.69, 9.17) is 14.6 Å². The van der Waals surface area contributed by atoms with Gasteiger partial charge in [0.15, 0.2) is 0 Å². The zero-order chi connectivity index (χ0) is 13.3. The number of ether oxygens (including phenoxy) is 2. The Labute approximate surface area is 111 Å². The van der Waals surface area contributed by atoms with Gasteiger partial charge in [-0.05, 0) is 0 Å². The molecular formula is C10H13N2O5Se. The van der Waals surface area contributed by atoms with Gasteiger partial charge in [-0.1, -0.05) is 0 Å². The van der Waals surface area contributed by atoms with E-state index in [0.29, 0.717) is 4.72 Å². The number of aromatic nitrogens is 2. The topological polar surface area (TPSA) is 93.8 Å². The maximum absolute atomic E-state index is 11.1. The van der Waals surface area contributed by atoms with Crippen LogP contribution in [0.25, 0.3) is 0 Å². The molecule has 0 aromatic carbocycles. The Balaban J connectivity index is 2.34. The van der Waals surface area contributed by atoms with E-state index in [0.717, 1.165) is 0 Å². The van der Waals surface area contributed by atoms with Crippen LogP contribution in [0.1, 0.15) is 6.23 Å². The van der Waals surface area contributed by atoms with E-state index in [-0.39, 0.29) is 12.2 Å². The minimum atomic E-state index is -0.941. The number of aliphatic hydroxyl groups is 2. The van der Waals surface area contributed by atoms with Crippen LogP contribution in [-0.2, 0) is 9.47 Å². The Hall–Kier alpha value is -0.761. The molecule has 7 nitrogen and oxygen atoms in total. The molecule has 0 spiro atoms. The van der Waals surface area contributed by atoms with Crippen molar-refractivity contribution in [2.45, 2.75) is 24.5 Å². The summed E-state index contributed by atoms with van der Waals surface area (Å²) in [5.74, 6) is 0. The van der Waals surface area contributed by atoms with Gasteiger partial charge in [-0.3, -0.25) is 0 Å². The van der Waals surface area contributed by atoms with Gasteiger partial charge >= 0.3 is 111 Å². The number of hydrogen-bond acceptors (Lipinski definition) is 6. The van der Waals surface area contributed by atoms with E-state index in [1.807, 2.05) is 0 Å². The molecule has 8 heteroatoms. The molecule has 99 valence electrons. The molecule has 1 aromatic rings. The molecule has 1 aliphatic heterocycles. The molecule has 0 amide bonds. The van der Waals surface area contributed by atoms with E-state index in [9.17, 15) is 9.90 Å². The fraction of sp³-hybridized carbons (Fsp3) is 0.600. The third kappa shape index (κ3) is 2.35. The summed E-state index contributed by atoms with van der Waals surface area (Å²) in [6.07, 6.45) is -1.45. The van der Waals surface area contributed by atoms with Crippen molar-refractivity contribution in [1.82, 2.24) is 9.55 Å². The van der Waals surface area contributed by atoms with Crippen LogP contribution in [-0.4, -0.2) is 67.8 Å².